The Hall–Kier alpha value is -2.16. The third-order valence-corrected chi connectivity index (χ3v) is 3.02. The van der Waals surface area contributed by atoms with Crippen molar-refractivity contribution in [2.24, 2.45) is 5.41 Å². The van der Waals surface area contributed by atoms with Gasteiger partial charge >= 0.3 is 23.9 Å². The predicted molar refractivity (Wildman–Crippen MR) is 93.6 cm³/mol. The summed E-state index contributed by atoms with van der Waals surface area (Å²) in [4.78, 5) is 45.3. The first kappa shape index (κ1) is 24.8. The van der Waals surface area contributed by atoms with Crippen LogP contribution in [0, 0.1) is 5.41 Å². The lowest BCUT2D eigenvalue weighted by molar-refractivity contribution is -0.165. The molecule has 0 aromatic carbocycles. The van der Waals surface area contributed by atoms with Gasteiger partial charge in [0, 0.05) is 20.8 Å². The van der Waals surface area contributed by atoms with Crippen LogP contribution in [0.25, 0.3) is 0 Å². The summed E-state index contributed by atoms with van der Waals surface area (Å²) in [5.41, 5.74) is -1.68. The van der Waals surface area contributed by atoms with E-state index in [2.05, 4.69) is 0 Å². The predicted octanol–water partition coefficient (Wildman–Crippen LogP) is 1.41. The molecule has 0 aliphatic carbocycles. The second-order valence-corrected chi connectivity index (χ2v) is 7.23. The zero-order valence-corrected chi connectivity index (χ0v) is 16.9. The molecular formula is C18H30O9. The van der Waals surface area contributed by atoms with E-state index in [1.54, 1.807) is 20.8 Å². The van der Waals surface area contributed by atoms with Gasteiger partial charge in [-0.25, -0.2) is 0 Å². The SMILES string of the molecule is CC(=O)OCC(COCCC(=O)OC(C)(C)C)(COC(C)=O)COC(C)=O. The molecule has 0 saturated carbocycles. The smallest absolute Gasteiger partial charge is 0.308 e. The van der Waals surface area contributed by atoms with Crippen molar-refractivity contribution in [3.05, 3.63) is 0 Å². The standard InChI is InChI=1S/C18H30O9/c1-13(19)24-10-18(11-25-14(2)20,12-26-15(3)21)9-23-8-7-16(22)27-17(4,5)6/h7-12H2,1-6H3. The zero-order valence-electron chi connectivity index (χ0n) is 16.9. The highest BCUT2D eigenvalue weighted by molar-refractivity contribution is 5.70. The van der Waals surface area contributed by atoms with E-state index in [1.807, 2.05) is 0 Å². The summed E-state index contributed by atoms with van der Waals surface area (Å²) in [5.74, 6) is -2.05. The molecule has 0 aliphatic rings. The van der Waals surface area contributed by atoms with Crippen molar-refractivity contribution in [3.8, 4) is 0 Å². The molecule has 0 N–H and O–H groups in total. The normalized spacial score (nSPS) is 11.5. The number of rotatable bonds is 11. The van der Waals surface area contributed by atoms with Gasteiger partial charge in [0.25, 0.3) is 0 Å². The molecule has 0 atom stereocenters. The van der Waals surface area contributed by atoms with Gasteiger partial charge in [-0.1, -0.05) is 0 Å². The molecule has 0 radical (unpaired) electrons. The first-order chi connectivity index (χ1) is 12.4. The summed E-state index contributed by atoms with van der Waals surface area (Å²) in [5, 5.41) is 0. The quantitative estimate of drug-likeness (QED) is 0.293. The molecule has 0 amide bonds. The van der Waals surface area contributed by atoms with E-state index in [0.29, 0.717) is 0 Å². The molecule has 0 aromatic heterocycles. The van der Waals surface area contributed by atoms with E-state index in [-0.39, 0.29) is 39.5 Å². The minimum Gasteiger partial charge on any atom is -0.465 e. The van der Waals surface area contributed by atoms with Gasteiger partial charge in [-0.3, -0.25) is 19.2 Å². The molecule has 0 rings (SSSR count). The van der Waals surface area contributed by atoms with Crippen LogP contribution in [-0.4, -0.2) is 62.5 Å². The Balaban J connectivity index is 4.89. The molecule has 0 aliphatic heterocycles. The second-order valence-electron chi connectivity index (χ2n) is 7.23. The molecule has 0 fully saturated rings. The van der Waals surface area contributed by atoms with E-state index < -0.39 is 34.9 Å². The van der Waals surface area contributed by atoms with E-state index in [1.165, 1.54) is 20.8 Å². The summed E-state index contributed by atoms with van der Waals surface area (Å²) < 4.78 is 25.8. The van der Waals surface area contributed by atoms with Crippen molar-refractivity contribution in [3.63, 3.8) is 0 Å². The summed E-state index contributed by atoms with van der Waals surface area (Å²) >= 11 is 0. The summed E-state index contributed by atoms with van der Waals surface area (Å²) in [6, 6.07) is 0. The minimum absolute atomic E-state index is 0.0159. The average molecular weight is 390 g/mol. The summed E-state index contributed by atoms with van der Waals surface area (Å²) in [6.07, 6.45) is 0.0159. The van der Waals surface area contributed by atoms with Crippen molar-refractivity contribution >= 4 is 23.9 Å². The monoisotopic (exact) mass is 390 g/mol. The van der Waals surface area contributed by atoms with Crippen LogP contribution in [0.5, 0.6) is 0 Å². The maximum atomic E-state index is 11.7. The van der Waals surface area contributed by atoms with Gasteiger partial charge in [0.2, 0.25) is 0 Å². The van der Waals surface area contributed by atoms with Gasteiger partial charge in [-0.15, -0.1) is 0 Å². The molecule has 0 heterocycles. The number of carbonyl (C=O) groups excluding carboxylic acids is 4. The molecule has 0 aromatic rings. The van der Waals surface area contributed by atoms with Gasteiger partial charge in [0.05, 0.1) is 25.0 Å². The molecular weight excluding hydrogens is 360 g/mol. The van der Waals surface area contributed by atoms with E-state index in [0.717, 1.165) is 0 Å². The lowest BCUT2D eigenvalue weighted by atomic mass is 9.92. The van der Waals surface area contributed by atoms with Gasteiger partial charge in [-0.2, -0.15) is 0 Å². The van der Waals surface area contributed by atoms with Crippen molar-refractivity contribution in [2.45, 2.75) is 53.6 Å². The zero-order chi connectivity index (χ0) is 21.1. The first-order valence-electron chi connectivity index (χ1n) is 8.55. The van der Waals surface area contributed by atoms with E-state index >= 15 is 0 Å². The van der Waals surface area contributed by atoms with Crippen LogP contribution in [0.15, 0.2) is 0 Å². The first-order valence-corrected chi connectivity index (χ1v) is 8.55. The molecule has 9 nitrogen and oxygen atoms in total. The Morgan fingerprint density at radius 3 is 1.44 bits per heavy atom. The van der Waals surface area contributed by atoms with Crippen molar-refractivity contribution in [1.82, 2.24) is 0 Å². The topological polar surface area (TPSA) is 114 Å². The molecule has 156 valence electrons. The number of hydrogen-bond donors (Lipinski definition) is 0. The largest absolute Gasteiger partial charge is 0.465 e. The van der Waals surface area contributed by atoms with Gasteiger partial charge in [0.1, 0.15) is 25.4 Å². The van der Waals surface area contributed by atoms with Crippen LogP contribution < -0.4 is 0 Å². The highest BCUT2D eigenvalue weighted by Crippen LogP contribution is 2.21. The fourth-order valence-electron chi connectivity index (χ4n) is 1.85. The number of hydrogen-bond acceptors (Lipinski definition) is 9. The minimum atomic E-state index is -1.09. The van der Waals surface area contributed by atoms with Crippen LogP contribution in [0.4, 0.5) is 0 Å². The Morgan fingerprint density at radius 2 is 1.11 bits per heavy atom. The maximum Gasteiger partial charge on any atom is 0.308 e. The molecule has 0 saturated heterocycles. The second kappa shape index (κ2) is 11.5. The molecule has 0 bridgehead atoms. The average Bonchev–Trinajstić information content (AvgIpc) is 2.50. The molecule has 9 heteroatoms. The lowest BCUT2D eigenvalue weighted by Crippen LogP contribution is -2.43. The highest BCUT2D eigenvalue weighted by Gasteiger charge is 2.36. The van der Waals surface area contributed by atoms with Gasteiger partial charge < -0.3 is 23.7 Å². The van der Waals surface area contributed by atoms with Crippen LogP contribution in [0.1, 0.15) is 48.0 Å². The fourth-order valence-corrected chi connectivity index (χ4v) is 1.85. The summed E-state index contributed by atoms with van der Waals surface area (Å²) in [6.45, 7) is 8.38. The number of ether oxygens (including phenoxy) is 5. The van der Waals surface area contributed by atoms with Crippen LogP contribution >= 0.6 is 0 Å². The summed E-state index contributed by atoms with van der Waals surface area (Å²) in [7, 11) is 0. The Kier molecular flexibility index (Phi) is 10.6. The maximum absolute atomic E-state index is 11.7. The molecule has 27 heavy (non-hydrogen) atoms. The van der Waals surface area contributed by atoms with Crippen molar-refractivity contribution in [2.75, 3.05) is 33.0 Å². The molecule has 0 unspecified atom stereocenters. The van der Waals surface area contributed by atoms with Gasteiger partial charge in [0.15, 0.2) is 0 Å². The fraction of sp³-hybridized carbons (Fsp3) is 0.778. The lowest BCUT2D eigenvalue weighted by Gasteiger charge is -2.31. The van der Waals surface area contributed by atoms with Crippen LogP contribution in [0.3, 0.4) is 0 Å². The van der Waals surface area contributed by atoms with Crippen molar-refractivity contribution in [1.29, 1.82) is 0 Å². The van der Waals surface area contributed by atoms with Crippen LogP contribution in [0.2, 0.25) is 0 Å². The highest BCUT2D eigenvalue weighted by atomic mass is 16.6. The third-order valence-electron chi connectivity index (χ3n) is 3.02. The third kappa shape index (κ3) is 13.7. The Morgan fingerprint density at radius 1 is 0.704 bits per heavy atom. The van der Waals surface area contributed by atoms with Crippen LogP contribution in [-0.2, 0) is 42.9 Å². The molecule has 0 spiro atoms. The van der Waals surface area contributed by atoms with E-state index in [9.17, 15) is 19.2 Å². The number of esters is 4. The Labute approximate surface area is 159 Å². The Bertz CT molecular complexity index is 474. The van der Waals surface area contributed by atoms with E-state index in [4.69, 9.17) is 23.7 Å². The van der Waals surface area contributed by atoms with Gasteiger partial charge in [-0.05, 0) is 20.8 Å². The number of carbonyl (C=O) groups is 4. The van der Waals surface area contributed by atoms with Crippen molar-refractivity contribution < 1.29 is 42.9 Å².